The molecule has 0 aromatic rings. The van der Waals surface area contributed by atoms with Crippen LogP contribution in [0.1, 0.15) is 44.9 Å². The van der Waals surface area contributed by atoms with Crippen molar-refractivity contribution in [2.24, 2.45) is 0 Å². The quantitative estimate of drug-likeness (QED) is 0.502. The van der Waals surface area contributed by atoms with E-state index in [0.717, 1.165) is 6.61 Å². The minimum absolute atomic E-state index is 0.161. The molecule has 1 unspecified atom stereocenters. The molecule has 1 heteroatoms. The predicted octanol–water partition coefficient (Wildman–Crippen LogP) is 3.06. The molecular weight excluding hydrogens is 148 g/mol. The fourth-order valence-electron chi connectivity index (χ4n) is 2.28. The zero-order valence-electron chi connectivity index (χ0n) is 7.72. The molecule has 1 atom stereocenters. The maximum Gasteiger partial charge on any atom is 0.0862 e. The lowest BCUT2D eigenvalue weighted by Crippen LogP contribution is -2.31. The van der Waals surface area contributed by atoms with Gasteiger partial charge in [0.2, 0.25) is 0 Å². The lowest BCUT2D eigenvalue weighted by molar-refractivity contribution is -0.0148. The monoisotopic (exact) mass is 166 g/mol. The molecule has 1 saturated heterocycles. The van der Waals surface area contributed by atoms with Crippen LogP contribution in [0, 0.1) is 0 Å². The van der Waals surface area contributed by atoms with Crippen molar-refractivity contribution in [2.75, 3.05) is 6.61 Å². The van der Waals surface area contributed by atoms with E-state index in [9.17, 15) is 0 Å². The summed E-state index contributed by atoms with van der Waals surface area (Å²) in [6, 6.07) is 0. The molecule has 0 radical (unpaired) electrons. The summed E-state index contributed by atoms with van der Waals surface area (Å²) < 4.78 is 5.94. The van der Waals surface area contributed by atoms with Crippen LogP contribution in [0.4, 0.5) is 0 Å². The highest BCUT2D eigenvalue weighted by atomic mass is 16.5. The van der Waals surface area contributed by atoms with Crippen molar-refractivity contribution < 1.29 is 4.74 Å². The molecule has 0 aromatic heterocycles. The first-order valence-electron chi connectivity index (χ1n) is 5.23. The van der Waals surface area contributed by atoms with Gasteiger partial charge in [0, 0.05) is 6.61 Å². The molecule has 0 saturated carbocycles. The summed E-state index contributed by atoms with van der Waals surface area (Å²) in [5, 5.41) is 0. The Balaban J connectivity index is 2.05. The molecule has 0 amide bonds. The average molecular weight is 166 g/mol. The van der Waals surface area contributed by atoms with E-state index < -0.39 is 0 Å². The minimum atomic E-state index is 0.161. The third kappa shape index (κ3) is 1.71. The number of ether oxygens (including phenoxy) is 1. The molecule has 1 spiro atoms. The Kier molecular flexibility index (Phi) is 2.50. The van der Waals surface area contributed by atoms with Crippen LogP contribution in [0.3, 0.4) is 0 Å². The van der Waals surface area contributed by atoms with Gasteiger partial charge in [-0.2, -0.15) is 0 Å². The normalized spacial score (nSPS) is 36.7. The first-order valence-corrected chi connectivity index (χ1v) is 5.23. The molecule has 68 valence electrons. The van der Waals surface area contributed by atoms with Gasteiger partial charge in [-0.1, -0.05) is 25.0 Å². The van der Waals surface area contributed by atoms with E-state index in [1.54, 1.807) is 0 Å². The topological polar surface area (TPSA) is 9.23 Å². The molecule has 1 fully saturated rings. The average Bonchev–Trinajstić information content (AvgIpc) is 2.33. The Labute approximate surface area is 74.8 Å². The van der Waals surface area contributed by atoms with Gasteiger partial charge < -0.3 is 4.74 Å². The van der Waals surface area contributed by atoms with E-state index in [4.69, 9.17) is 4.74 Å². The lowest BCUT2D eigenvalue weighted by atomic mass is 9.87. The summed E-state index contributed by atoms with van der Waals surface area (Å²) in [6.07, 6.45) is 13.7. The van der Waals surface area contributed by atoms with Crippen molar-refractivity contribution in [1.29, 1.82) is 0 Å². The van der Waals surface area contributed by atoms with Gasteiger partial charge in [0.05, 0.1) is 5.60 Å². The zero-order chi connectivity index (χ0) is 8.28. The highest BCUT2D eigenvalue weighted by Crippen LogP contribution is 2.33. The molecule has 1 heterocycles. The van der Waals surface area contributed by atoms with Crippen molar-refractivity contribution in [2.45, 2.75) is 50.5 Å². The second-order valence-corrected chi connectivity index (χ2v) is 4.02. The van der Waals surface area contributed by atoms with Gasteiger partial charge in [0.1, 0.15) is 0 Å². The number of hydrogen-bond donors (Lipinski definition) is 0. The van der Waals surface area contributed by atoms with E-state index in [1.807, 2.05) is 0 Å². The second kappa shape index (κ2) is 3.61. The molecule has 2 rings (SSSR count). The molecule has 0 N–H and O–H groups in total. The Morgan fingerprint density at radius 3 is 2.75 bits per heavy atom. The van der Waals surface area contributed by atoms with E-state index in [1.165, 1.54) is 44.9 Å². The first kappa shape index (κ1) is 8.31. The van der Waals surface area contributed by atoms with Gasteiger partial charge in [0.25, 0.3) is 0 Å². The fourth-order valence-corrected chi connectivity index (χ4v) is 2.28. The zero-order valence-corrected chi connectivity index (χ0v) is 7.72. The fraction of sp³-hybridized carbons (Fsp3) is 0.818. The minimum Gasteiger partial charge on any atom is -0.371 e. The number of hydrogen-bond acceptors (Lipinski definition) is 1. The van der Waals surface area contributed by atoms with Gasteiger partial charge in [-0.3, -0.25) is 0 Å². The lowest BCUT2D eigenvalue weighted by Gasteiger charge is -2.31. The molecule has 2 aliphatic rings. The van der Waals surface area contributed by atoms with E-state index in [2.05, 4.69) is 12.2 Å². The van der Waals surface area contributed by atoms with Crippen LogP contribution in [-0.4, -0.2) is 12.2 Å². The Morgan fingerprint density at radius 2 is 1.92 bits per heavy atom. The highest BCUT2D eigenvalue weighted by Gasteiger charge is 2.29. The standard InChI is InChI=1S/C11H18O/c1-3-7-11(8-4-1)9-5-2-6-10-12-11/h3,7H,1-2,4-6,8-10H2. The maximum atomic E-state index is 5.94. The Hall–Kier alpha value is -0.300. The van der Waals surface area contributed by atoms with Gasteiger partial charge in [-0.15, -0.1) is 0 Å². The van der Waals surface area contributed by atoms with Gasteiger partial charge in [-0.05, 0) is 32.1 Å². The van der Waals surface area contributed by atoms with Gasteiger partial charge in [0.15, 0.2) is 0 Å². The molecule has 1 nitrogen and oxygen atoms in total. The van der Waals surface area contributed by atoms with Crippen molar-refractivity contribution in [3.8, 4) is 0 Å². The summed E-state index contributed by atoms with van der Waals surface area (Å²) in [4.78, 5) is 0. The van der Waals surface area contributed by atoms with Crippen LogP contribution in [-0.2, 0) is 4.74 Å². The summed E-state index contributed by atoms with van der Waals surface area (Å²) in [5.74, 6) is 0. The first-order chi connectivity index (χ1) is 5.91. The molecule has 0 aromatic carbocycles. The highest BCUT2D eigenvalue weighted by molar-refractivity contribution is 5.06. The number of allylic oxidation sites excluding steroid dienone is 1. The van der Waals surface area contributed by atoms with Crippen molar-refractivity contribution in [3.05, 3.63) is 12.2 Å². The summed E-state index contributed by atoms with van der Waals surface area (Å²) in [7, 11) is 0. The second-order valence-electron chi connectivity index (χ2n) is 4.02. The summed E-state index contributed by atoms with van der Waals surface area (Å²) in [6.45, 7) is 0.977. The van der Waals surface area contributed by atoms with Crippen LogP contribution in [0.5, 0.6) is 0 Å². The largest absolute Gasteiger partial charge is 0.371 e. The Morgan fingerprint density at radius 1 is 1.00 bits per heavy atom. The van der Waals surface area contributed by atoms with Crippen LogP contribution >= 0.6 is 0 Å². The predicted molar refractivity (Wildman–Crippen MR) is 50.1 cm³/mol. The van der Waals surface area contributed by atoms with Crippen LogP contribution in [0.25, 0.3) is 0 Å². The molecule has 0 bridgehead atoms. The van der Waals surface area contributed by atoms with Crippen LogP contribution in [0.15, 0.2) is 12.2 Å². The number of rotatable bonds is 0. The van der Waals surface area contributed by atoms with E-state index in [-0.39, 0.29) is 5.60 Å². The van der Waals surface area contributed by atoms with Crippen LogP contribution < -0.4 is 0 Å². The summed E-state index contributed by atoms with van der Waals surface area (Å²) in [5.41, 5.74) is 0.161. The van der Waals surface area contributed by atoms with Crippen LogP contribution in [0.2, 0.25) is 0 Å². The van der Waals surface area contributed by atoms with Crippen molar-refractivity contribution in [1.82, 2.24) is 0 Å². The van der Waals surface area contributed by atoms with Crippen molar-refractivity contribution in [3.63, 3.8) is 0 Å². The Bertz CT molecular complexity index is 164. The third-order valence-corrected chi connectivity index (χ3v) is 3.03. The molecule has 12 heavy (non-hydrogen) atoms. The molecule has 1 aliphatic carbocycles. The van der Waals surface area contributed by atoms with Gasteiger partial charge in [-0.25, -0.2) is 0 Å². The third-order valence-electron chi connectivity index (χ3n) is 3.03. The van der Waals surface area contributed by atoms with Crippen molar-refractivity contribution >= 4 is 0 Å². The smallest absolute Gasteiger partial charge is 0.0862 e. The molecular formula is C11H18O. The SMILES string of the molecule is C1=CC2(CCC1)CCCCCO2. The maximum absolute atomic E-state index is 5.94. The van der Waals surface area contributed by atoms with Gasteiger partial charge >= 0.3 is 0 Å². The van der Waals surface area contributed by atoms with E-state index >= 15 is 0 Å². The summed E-state index contributed by atoms with van der Waals surface area (Å²) >= 11 is 0. The van der Waals surface area contributed by atoms with E-state index in [0.29, 0.717) is 0 Å². The molecule has 1 aliphatic heterocycles.